The maximum absolute atomic E-state index is 11.3. The van der Waals surface area contributed by atoms with Crippen LogP contribution in [0.4, 0.5) is 0 Å². The highest BCUT2D eigenvalue weighted by Crippen LogP contribution is 2.42. The van der Waals surface area contributed by atoms with Crippen molar-refractivity contribution < 1.29 is 14.4 Å². The zero-order valence-electron chi connectivity index (χ0n) is 10.5. The molecule has 1 aliphatic carbocycles. The Morgan fingerprint density at radius 2 is 2.37 bits per heavy atom. The van der Waals surface area contributed by atoms with Gasteiger partial charge in [0.25, 0.3) is 0 Å². The van der Waals surface area contributed by atoms with Crippen molar-refractivity contribution in [1.82, 2.24) is 15.1 Å². The van der Waals surface area contributed by atoms with Crippen LogP contribution in [0.3, 0.4) is 0 Å². The average molecular weight is 261 g/mol. The van der Waals surface area contributed by atoms with E-state index in [9.17, 15) is 9.90 Å². The van der Waals surface area contributed by atoms with Crippen molar-refractivity contribution in [1.29, 1.82) is 0 Å². The molecule has 6 heteroatoms. The molecule has 3 atom stereocenters. The third kappa shape index (κ3) is 2.14. The second-order valence-corrected chi connectivity index (χ2v) is 5.17. The maximum atomic E-state index is 11.3. The second-order valence-electron chi connectivity index (χ2n) is 5.17. The van der Waals surface area contributed by atoms with Gasteiger partial charge in [0.2, 0.25) is 11.7 Å². The number of nitrogens with one attached hydrogen (secondary N) is 1. The number of aliphatic carboxylic acids is 1. The van der Waals surface area contributed by atoms with E-state index in [0.717, 1.165) is 12.1 Å². The van der Waals surface area contributed by atoms with Crippen LogP contribution in [-0.2, 0) is 4.79 Å². The van der Waals surface area contributed by atoms with Crippen molar-refractivity contribution in [2.24, 2.45) is 11.8 Å². The Labute approximate surface area is 109 Å². The summed E-state index contributed by atoms with van der Waals surface area (Å²) in [6, 6.07) is 3.70. The number of rotatable bonds is 3. The van der Waals surface area contributed by atoms with Gasteiger partial charge in [-0.2, -0.15) is 4.98 Å². The lowest BCUT2D eigenvalue weighted by Gasteiger charge is -2.09. The SMILES string of the molecule is CC1CC(C(=O)O)C(c2nc(-c3ccc[nH]3)no2)C1. The fourth-order valence-corrected chi connectivity index (χ4v) is 2.80. The van der Waals surface area contributed by atoms with Crippen LogP contribution in [0.25, 0.3) is 11.5 Å². The third-order valence-electron chi connectivity index (χ3n) is 3.71. The largest absolute Gasteiger partial charge is 0.481 e. The molecule has 2 aromatic heterocycles. The van der Waals surface area contributed by atoms with Gasteiger partial charge >= 0.3 is 5.97 Å². The molecular formula is C13H15N3O3. The molecule has 1 aliphatic rings. The fourth-order valence-electron chi connectivity index (χ4n) is 2.80. The van der Waals surface area contributed by atoms with Crippen LogP contribution in [0, 0.1) is 11.8 Å². The molecule has 6 nitrogen and oxygen atoms in total. The van der Waals surface area contributed by atoms with Crippen molar-refractivity contribution in [3.05, 3.63) is 24.2 Å². The van der Waals surface area contributed by atoms with Crippen LogP contribution in [0.5, 0.6) is 0 Å². The van der Waals surface area contributed by atoms with E-state index in [0.29, 0.717) is 24.1 Å². The summed E-state index contributed by atoms with van der Waals surface area (Å²) in [5.74, 6) is -0.110. The zero-order valence-corrected chi connectivity index (χ0v) is 10.5. The lowest BCUT2D eigenvalue weighted by Crippen LogP contribution is -2.17. The Kier molecular flexibility index (Phi) is 2.85. The number of aromatic amines is 1. The zero-order chi connectivity index (χ0) is 13.4. The first kappa shape index (κ1) is 12.0. The van der Waals surface area contributed by atoms with E-state index in [1.54, 1.807) is 6.20 Å². The van der Waals surface area contributed by atoms with Gasteiger partial charge in [0, 0.05) is 6.20 Å². The maximum Gasteiger partial charge on any atom is 0.307 e. The van der Waals surface area contributed by atoms with Crippen molar-refractivity contribution in [2.75, 3.05) is 0 Å². The van der Waals surface area contributed by atoms with E-state index in [-0.39, 0.29) is 5.92 Å². The molecule has 1 saturated carbocycles. The topological polar surface area (TPSA) is 92.0 Å². The van der Waals surface area contributed by atoms with Gasteiger partial charge in [-0.15, -0.1) is 0 Å². The molecule has 0 saturated heterocycles. The lowest BCUT2D eigenvalue weighted by molar-refractivity contribution is -0.142. The second kappa shape index (κ2) is 4.53. The summed E-state index contributed by atoms with van der Waals surface area (Å²) in [6.07, 6.45) is 3.23. The molecule has 2 aromatic rings. The Hall–Kier alpha value is -2.11. The summed E-state index contributed by atoms with van der Waals surface area (Å²) < 4.78 is 5.26. The molecule has 3 unspecified atom stereocenters. The number of nitrogens with zero attached hydrogens (tertiary/aromatic N) is 2. The van der Waals surface area contributed by atoms with E-state index in [1.165, 1.54) is 0 Å². The summed E-state index contributed by atoms with van der Waals surface area (Å²) in [5, 5.41) is 13.2. The van der Waals surface area contributed by atoms with Gasteiger partial charge in [0.15, 0.2) is 0 Å². The standard InChI is InChI=1S/C13H15N3O3/c1-7-5-8(9(6-7)13(17)18)12-15-11(16-19-12)10-3-2-4-14-10/h2-4,7-9,14H,5-6H2,1H3,(H,17,18). The van der Waals surface area contributed by atoms with Crippen molar-refractivity contribution >= 4 is 5.97 Å². The first-order valence-electron chi connectivity index (χ1n) is 6.35. The number of H-pyrrole nitrogens is 1. The first-order valence-corrected chi connectivity index (χ1v) is 6.35. The van der Waals surface area contributed by atoms with Gasteiger partial charge in [-0.05, 0) is 30.9 Å². The molecule has 0 bridgehead atoms. The molecule has 19 heavy (non-hydrogen) atoms. The Morgan fingerprint density at radius 1 is 1.53 bits per heavy atom. The summed E-state index contributed by atoms with van der Waals surface area (Å²) in [7, 11) is 0. The number of carboxylic acids is 1. The molecule has 1 fully saturated rings. The molecule has 2 heterocycles. The van der Waals surface area contributed by atoms with Gasteiger partial charge in [0.05, 0.1) is 17.5 Å². The fraction of sp³-hybridized carbons (Fsp3) is 0.462. The molecule has 0 spiro atoms. The predicted molar refractivity (Wildman–Crippen MR) is 66.3 cm³/mol. The van der Waals surface area contributed by atoms with Crippen LogP contribution in [0.1, 0.15) is 31.6 Å². The minimum Gasteiger partial charge on any atom is -0.481 e. The van der Waals surface area contributed by atoms with Gasteiger partial charge in [0.1, 0.15) is 0 Å². The van der Waals surface area contributed by atoms with Crippen molar-refractivity contribution in [2.45, 2.75) is 25.7 Å². The minimum atomic E-state index is -0.783. The minimum absolute atomic E-state index is 0.177. The van der Waals surface area contributed by atoms with Gasteiger partial charge in [-0.25, -0.2) is 0 Å². The van der Waals surface area contributed by atoms with Crippen molar-refractivity contribution in [3.63, 3.8) is 0 Å². The Morgan fingerprint density at radius 3 is 3.05 bits per heavy atom. The molecule has 0 aromatic carbocycles. The van der Waals surface area contributed by atoms with Crippen LogP contribution in [-0.4, -0.2) is 26.2 Å². The molecule has 0 amide bonds. The third-order valence-corrected chi connectivity index (χ3v) is 3.71. The van der Waals surface area contributed by atoms with E-state index in [1.807, 2.05) is 12.1 Å². The Bertz CT molecular complexity index is 576. The molecule has 0 radical (unpaired) electrons. The molecule has 3 rings (SSSR count). The van der Waals surface area contributed by atoms with E-state index in [4.69, 9.17) is 4.52 Å². The van der Waals surface area contributed by atoms with Gasteiger partial charge < -0.3 is 14.6 Å². The van der Waals surface area contributed by atoms with Crippen LogP contribution in [0.2, 0.25) is 0 Å². The number of carbonyl (C=O) groups is 1. The number of carboxylic acid groups (broad SMARTS) is 1. The van der Waals surface area contributed by atoms with Crippen LogP contribution >= 0.6 is 0 Å². The predicted octanol–water partition coefficient (Wildman–Crippen LogP) is 2.28. The first-order chi connectivity index (χ1) is 9.15. The summed E-state index contributed by atoms with van der Waals surface area (Å²) >= 11 is 0. The van der Waals surface area contributed by atoms with E-state index >= 15 is 0 Å². The summed E-state index contributed by atoms with van der Waals surface area (Å²) in [6.45, 7) is 2.05. The number of hydrogen-bond acceptors (Lipinski definition) is 4. The van der Waals surface area contributed by atoms with Crippen molar-refractivity contribution in [3.8, 4) is 11.5 Å². The van der Waals surface area contributed by atoms with Gasteiger partial charge in [-0.1, -0.05) is 12.1 Å². The summed E-state index contributed by atoms with van der Waals surface area (Å²) in [4.78, 5) is 18.6. The molecule has 2 N–H and O–H groups in total. The monoisotopic (exact) mass is 261 g/mol. The van der Waals surface area contributed by atoms with Crippen LogP contribution < -0.4 is 0 Å². The average Bonchev–Trinajstić information content (AvgIpc) is 3.07. The number of aromatic nitrogens is 3. The van der Waals surface area contributed by atoms with Crippen LogP contribution in [0.15, 0.2) is 22.9 Å². The highest BCUT2D eigenvalue weighted by atomic mass is 16.5. The summed E-state index contributed by atoms with van der Waals surface area (Å²) in [5.41, 5.74) is 0.771. The highest BCUT2D eigenvalue weighted by molar-refractivity contribution is 5.71. The molecule has 0 aliphatic heterocycles. The molecule has 100 valence electrons. The smallest absolute Gasteiger partial charge is 0.307 e. The lowest BCUT2D eigenvalue weighted by atomic mass is 9.96. The Balaban J connectivity index is 1.88. The highest BCUT2D eigenvalue weighted by Gasteiger charge is 2.41. The van der Waals surface area contributed by atoms with Gasteiger partial charge in [-0.3, -0.25) is 4.79 Å². The van der Waals surface area contributed by atoms with E-state index in [2.05, 4.69) is 22.0 Å². The number of hydrogen-bond donors (Lipinski definition) is 2. The molecular weight excluding hydrogens is 246 g/mol. The quantitative estimate of drug-likeness (QED) is 0.884. The van der Waals surface area contributed by atoms with E-state index < -0.39 is 11.9 Å². The normalized spacial score (nSPS) is 26.7.